The maximum atomic E-state index is 11.9. The lowest BCUT2D eigenvalue weighted by Crippen LogP contribution is -2.44. The van der Waals surface area contributed by atoms with Gasteiger partial charge in [0, 0.05) is 3.57 Å². The molecule has 0 aliphatic rings. The van der Waals surface area contributed by atoms with Crippen LogP contribution in [-0.2, 0) is 4.79 Å². The smallest absolute Gasteiger partial charge is 0.326 e. The van der Waals surface area contributed by atoms with Crippen molar-refractivity contribution in [2.24, 2.45) is 5.92 Å². The number of hydrogen-bond acceptors (Lipinski definition) is 3. The third kappa shape index (κ3) is 3.41. The molecule has 1 rings (SSSR count). The molecule has 0 aliphatic carbocycles. The number of rotatable bonds is 4. The highest BCUT2D eigenvalue weighted by Gasteiger charge is 2.25. The molecular weight excluding hydrogens is 353 g/mol. The molecular formula is C11H14INO3S. The summed E-state index contributed by atoms with van der Waals surface area (Å²) in [6.07, 6.45) is 0. The summed E-state index contributed by atoms with van der Waals surface area (Å²) in [7, 11) is 0. The van der Waals surface area contributed by atoms with Crippen molar-refractivity contribution in [3.63, 3.8) is 0 Å². The third-order valence-corrected chi connectivity index (χ3v) is 5.18. The first-order valence-corrected chi connectivity index (χ1v) is 7.07. The lowest BCUT2D eigenvalue weighted by molar-refractivity contribution is -0.140. The molecule has 0 fully saturated rings. The lowest BCUT2D eigenvalue weighted by Gasteiger charge is -2.17. The number of hydrogen-bond donors (Lipinski definition) is 2. The van der Waals surface area contributed by atoms with Crippen molar-refractivity contribution in [1.82, 2.24) is 5.32 Å². The first kappa shape index (κ1) is 14.4. The quantitative estimate of drug-likeness (QED) is 0.804. The number of aliphatic carboxylic acids is 1. The van der Waals surface area contributed by atoms with Gasteiger partial charge in [0.05, 0.1) is 0 Å². The molecule has 1 aromatic heterocycles. The molecule has 0 saturated carbocycles. The summed E-state index contributed by atoms with van der Waals surface area (Å²) >= 11 is 3.44. The minimum absolute atomic E-state index is 0.143. The van der Waals surface area contributed by atoms with E-state index < -0.39 is 12.0 Å². The molecule has 0 radical (unpaired) electrons. The van der Waals surface area contributed by atoms with E-state index in [0.717, 1.165) is 9.13 Å². The Labute approximate surface area is 118 Å². The molecule has 1 amide bonds. The summed E-state index contributed by atoms with van der Waals surface area (Å²) in [6, 6.07) is -0.847. The molecule has 0 spiro atoms. The number of aryl methyl sites for hydroxylation is 1. The number of carbonyl (C=O) groups excluding carboxylic acids is 1. The highest BCUT2D eigenvalue weighted by atomic mass is 127. The van der Waals surface area contributed by atoms with Gasteiger partial charge >= 0.3 is 5.97 Å². The van der Waals surface area contributed by atoms with Gasteiger partial charge in [-0.25, -0.2) is 4.79 Å². The molecule has 94 valence electrons. The molecule has 6 heteroatoms. The fourth-order valence-corrected chi connectivity index (χ4v) is 3.14. The van der Waals surface area contributed by atoms with Gasteiger partial charge in [0.15, 0.2) is 0 Å². The van der Waals surface area contributed by atoms with E-state index in [1.807, 2.05) is 12.3 Å². The van der Waals surface area contributed by atoms with Crippen LogP contribution in [0.15, 0.2) is 5.38 Å². The average molecular weight is 367 g/mol. The van der Waals surface area contributed by atoms with Crippen LogP contribution < -0.4 is 5.32 Å². The van der Waals surface area contributed by atoms with Gasteiger partial charge in [0.2, 0.25) is 0 Å². The van der Waals surface area contributed by atoms with Crippen LogP contribution in [0.4, 0.5) is 0 Å². The predicted molar refractivity (Wildman–Crippen MR) is 75.5 cm³/mol. The largest absolute Gasteiger partial charge is 0.480 e. The van der Waals surface area contributed by atoms with Crippen LogP contribution in [0.2, 0.25) is 0 Å². The third-order valence-electron chi connectivity index (χ3n) is 2.32. The first-order valence-electron chi connectivity index (χ1n) is 5.11. The summed E-state index contributed by atoms with van der Waals surface area (Å²) in [5.41, 5.74) is 1.04. The number of amides is 1. The van der Waals surface area contributed by atoms with Crippen LogP contribution >= 0.6 is 33.9 Å². The van der Waals surface area contributed by atoms with E-state index in [0.29, 0.717) is 4.88 Å². The Morgan fingerprint density at radius 1 is 1.47 bits per heavy atom. The van der Waals surface area contributed by atoms with Gasteiger partial charge in [-0.05, 0) is 46.4 Å². The Balaban J connectivity index is 2.85. The van der Waals surface area contributed by atoms with E-state index in [1.54, 1.807) is 13.8 Å². The topological polar surface area (TPSA) is 66.4 Å². The standard InChI is InChI=1S/C11H14INO3S/c1-5(2)8(11(15)16)13-10(14)9-7(12)6(3)4-17-9/h4-5,8H,1-3H3,(H,13,14)(H,15,16)/t8-/m1/s1. The van der Waals surface area contributed by atoms with Gasteiger partial charge < -0.3 is 10.4 Å². The molecule has 1 aromatic rings. The van der Waals surface area contributed by atoms with Crippen molar-refractivity contribution in [3.8, 4) is 0 Å². The summed E-state index contributed by atoms with van der Waals surface area (Å²) in [5, 5.41) is 13.4. The molecule has 1 heterocycles. The van der Waals surface area contributed by atoms with Crippen LogP contribution in [0, 0.1) is 16.4 Å². The number of carboxylic acids is 1. The van der Waals surface area contributed by atoms with E-state index in [1.165, 1.54) is 11.3 Å². The number of halogens is 1. The van der Waals surface area contributed by atoms with E-state index in [4.69, 9.17) is 5.11 Å². The fraction of sp³-hybridized carbons (Fsp3) is 0.455. The predicted octanol–water partition coefficient (Wildman–Crippen LogP) is 2.50. The summed E-state index contributed by atoms with van der Waals surface area (Å²) in [6.45, 7) is 5.46. The lowest BCUT2D eigenvalue weighted by atomic mass is 10.0. The summed E-state index contributed by atoms with van der Waals surface area (Å²) in [5.74, 6) is -1.46. The van der Waals surface area contributed by atoms with Crippen LogP contribution in [0.5, 0.6) is 0 Å². The summed E-state index contributed by atoms with van der Waals surface area (Å²) < 4.78 is 0.887. The molecule has 17 heavy (non-hydrogen) atoms. The molecule has 4 nitrogen and oxygen atoms in total. The van der Waals surface area contributed by atoms with Crippen molar-refractivity contribution >= 4 is 45.8 Å². The minimum Gasteiger partial charge on any atom is -0.480 e. The normalized spacial score (nSPS) is 12.5. The zero-order valence-corrected chi connectivity index (χ0v) is 12.8. The van der Waals surface area contributed by atoms with Crippen molar-refractivity contribution in [3.05, 3.63) is 19.4 Å². The monoisotopic (exact) mass is 367 g/mol. The average Bonchev–Trinajstić information content (AvgIpc) is 2.55. The Hall–Kier alpha value is -0.630. The van der Waals surface area contributed by atoms with Crippen LogP contribution in [-0.4, -0.2) is 23.0 Å². The van der Waals surface area contributed by atoms with Crippen LogP contribution in [0.1, 0.15) is 29.1 Å². The molecule has 0 aromatic carbocycles. The Kier molecular flexibility index (Phi) is 4.93. The molecule has 0 saturated heterocycles. The number of nitrogens with one attached hydrogen (secondary N) is 1. The second kappa shape index (κ2) is 5.81. The van der Waals surface area contributed by atoms with Crippen molar-refractivity contribution in [1.29, 1.82) is 0 Å². The van der Waals surface area contributed by atoms with Gasteiger partial charge in [0.25, 0.3) is 5.91 Å². The van der Waals surface area contributed by atoms with E-state index in [9.17, 15) is 9.59 Å². The van der Waals surface area contributed by atoms with Gasteiger partial charge in [-0.1, -0.05) is 13.8 Å². The van der Waals surface area contributed by atoms with E-state index in [-0.39, 0.29) is 11.8 Å². The zero-order chi connectivity index (χ0) is 13.2. The zero-order valence-electron chi connectivity index (χ0n) is 9.78. The Bertz CT molecular complexity index is 442. The second-order valence-corrected chi connectivity index (χ2v) is 6.05. The van der Waals surface area contributed by atoms with Gasteiger partial charge in [-0.2, -0.15) is 0 Å². The molecule has 1 atom stereocenters. The van der Waals surface area contributed by atoms with Gasteiger partial charge in [-0.3, -0.25) is 4.79 Å². The maximum absolute atomic E-state index is 11.9. The minimum atomic E-state index is -1.00. The SMILES string of the molecule is Cc1csc(C(=O)N[C@@H](C(=O)O)C(C)C)c1I. The van der Waals surface area contributed by atoms with Gasteiger partial charge in [0.1, 0.15) is 10.9 Å². The van der Waals surface area contributed by atoms with Gasteiger partial charge in [-0.15, -0.1) is 11.3 Å². The number of thiophene rings is 1. The number of carbonyl (C=O) groups is 2. The highest BCUT2D eigenvalue weighted by Crippen LogP contribution is 2.23. The molecule has 0 bridgehead atoms. The van der Waals surface area contributed by atoms with Crippen molar-refractivity contribution < 1.29 is 14.7 Å². The fourth-order valence-electron chi connectivity index (χ4n) is 1.30. The molecule has 0 aliphatic heterocycles. The summed E-state index contributed by atoms with van der Waals surface area (Å²) in [4.78, 5) is 23.5. The van der Waals surface area contributed by atoms with Crippen molar-refractivity contribution in [2.45, 2.75) is 26.8 Å². The second-order valence-electron chi connectivity index (χ2n) is 4.10. The van der Waals surface area contributed by atoms with E-state index >= 15 is 0 Å². The number of carboxylic acid groups (broad SMARTS) is 1. The first-order chi connectivity index (χ1) is 7.84. The van der Waals surface area contributed by atoms with E-state index in [2.05, 4.69) is 27.9 Å². The Morgan fingerprint density at radius 2 is 2.06 bits per heavy atom. The Morgan fingerprint density at radius 3 is 2.41 bits per heavy atom. The molecule has 2 N–H and O–H groups in total. The van der Waals surface area contributed by atoms with Crippen LogP contribution in [0.25, 0.3) is 0 Å². The van der Waals surface area contributed by atoms with Crippen molar-refractivity contribution in [2.75, 3.05) is 0 Å². The molecule has 0 unspecified atom stereocenters. The highest BCUT2D eigenvalue weighted by molar-refractivity contribution is 14.1. The maximum Gasteiger partial charge on any atom is 0.326 e. The van der Waals surface area contributed by atoms with Crippen LogP contribution in [0.3, 0.4) is 0 Å².